The highest BCUT2D eigenvalue weighted by atomic mass is 16.3. The first-order valence-corrected chi connectivity index (χ1v) is 19.3. The molecule has 51 heavy (non-hydrogen) atoms. The second-order valence-electron chi connectivity index (χ2n) is 14.5. The zero-order valence-electron chi connectivity index (χ0n) is 30.2. The zero-order chi connectivity index (χ0) is 34.6. The van der Waals surface area contributed by atoms with Gasteiger partial charge in [-0.05, 0) is 89.2 Å². The topological polar surface area (TPSA) is 16.4 Å². The average molecular weight is 668 g/mol. The van der Waals surface area contributed by atoms with Gasteiger partial charge in [-0.15, -0.1) is 0 Å². The Balaban J connectivity index is 1.32. The smallest absolute Gasteiger partial charge is 0.144 e. The first-order valence-electron chi connectivity index (χ1n) is 19.3. The number of fused-ring (bicyclic) bond motifs is 7. The largest absolute Gasteiger partial charge is 0.455 e. The van der Waals surface area contributed by atoms with E-state index in [9.17, 15) is 0 Å². The second-order valence-corrected chi connectivity index (χ2v) is 14.5. The summed E-state index contributed by atoms with van der Waals surface area (Å²) in [5, 5.41) is 2.41. The SMILES string of the molecule is CCCCCCC1(CCCCCC)c2ccccc2-c2c1cc(-c1ccc(N(c3ccccc3)c3ccccc3)cc1)c1c2oc2ccccc21. The van der Waals surface area contributed by atoms with Crippen LogP contribution in [0.2, 0.25) is 0 Å². The Hall–Kier alpha value is -5.08. The molecule has 1 aliphatic carbocycles. The number of rotatable bonds is 14. The number of hydrogen-bond acceptors (Lipinski definition) is 2. The molecule has 0 atom stereocenters. The van der Waals surface area contributed by atoms with E-state index in [1.807, 2.05) is 0 Å². The van der Waals surface area contributed by atoms with Crippen molar-refractivity contribution in [3.8, 4) is 22.3 Å². The number of furan rings is 1. The van der Waals surface area contributed by atoms with Gasteiger partial charge in [0.05, 0.1) is 0 Å². The molecular formula is C49H49NO. The fourth-order valence-electron chi connectivity index (χ4n) is 8.80. The van der Waals surface area contributed by atoms with Crippen LogP contribution in [0.15, 0.2) is 144 Å². The third kappa shape index (κ3) is 6.05. The molecule has 0 saturated heterocycles. The Morgan fingerprint density at radius 1 is 0.510 bits per heavy atom. The maximum atomic E-state index is 6.96. The molecule has 1 heterocycles. The molecular weight excluding hydrogens is 619 g/mol. The summed E-state index contributed by atoms with van der Waals surface area (Å²) in [5.74, 6) is 0. The van der Waals surface area contributed by atoms with E-state index >= 15 is 0 Å². The second kappa shape index (κ2) is 14.6. The van der Waals surface area contributed by atoms with E-state index in [1.54, 1.807) is 0 Å². The molecule has 0 bridgehead atoms. The average Bonchev–Trinajstić information content (AvgIpc) is 3.70. The highest BCUT2D eigenvalue weighted by Gasteiger charge is 2.44. The van der Waals surface area contributed by atoms with Gasteiger partial charge in [-0.25, -0.2) is 0 Å². The minimum absolute atomic E-state index is 0.0211. The Morgan fingerprint density at radius 2 is 1.08 bits per heavy atom. The Morgan fingerprint density at radius 3 is 1.73 bits per heavy atom. The molecule has 2 heteroatoms. The molecule has 1 aliphatic rings. The highest BCUT2D eigenvalue weighted by molar-refractivity contribution is 6.18. The molecule has 0 aliphatic heterocycles. The zero-order valence-corrected chi connectivity index (χ0v) is 30.2. The lowest BCUT2D eigenvalue weighted by molar-refractivity contribution is 0.401. The van der Waals surface area contributed by atoms with Crippen molar-refractivity contribution in [3.63, 3.8) is 0 Å². The van der Waals surface area contributed by atoms with Crippen LogP contribution in [0.3, 0.4) is 0 Å². The first kappa shape index (κ1) is 33.1. The van der Waals surface area contributed by atoms with E-state index in [0.717, 1.165) is 28.2 Å². The summed E-state index contributed by atoms with van der Waals surface area (Å²) in [6.45, 7) is 4.63. The van der Waals surface area contributed by atoms with Gasteiger partial charge in [-0.2, -0.15) is 0 Å². The van der Waals surface area contributed by atoms with Gasteiger partial charge in [0.2, 0.25) is 0 Å². The summed E-state index contributed by atoms with van der Waals surface area (Å²) in [7, 11) is 0. The predicted molar refractivity (Wildman–Crippen MR) is 218 cm³/mol. The molecule has 7 aromatic rings. The van der Waals surface area contributed by atoms with Gasteiger partial charge in [-0.3, -0.25) is 0 Å². The van der Waals surface area contributed by atoms with E-state index in [-0.39, 0.29) is 5.41 Å². The predicted octanol–water partition coefficient (Wildman–Crippen LogP) is 14.9. The van der Waals surface area contributed by atoms with Crippen molar-refractivity contribution in [2.75, 3.05) is 4.90 Å². The molecule has 0 spiro atoms. The molecule has 6 aromatic carbocycles. The molecule has 1 aromatic heterocycles. The van der Waals surface area contributed by atoms with Crippen molar-refractivity contribution in [2.24, 2.45) is 0 Å². The number of hydrogen-bond donors (Lipinski definition) is 0. The first-order chi connectivity index (χ1) is 25.2. The van der Waals surface area contributed by atoms with Crippen molar-refractivity contribution in [2.45, 2.75) is 83.5 Å². The maximum absolute atomic E-state index is 6.96. The van der Waals surface area contributed by atoms with Gasteiger partial charge >= 0.3 is 0 Å². The Bertz CT molecular complexity index is 2180. The lowest BCUT2D eigenvalue weighted by Gasteiger charge is -2.33. The molecule has 256 valence electrons. The van der Waals surface area contributed by atoms with Gasteiger partial charge in [0.25, 0.3) is 0 Å². The molecule has 0 fully saturated rings. The number of para-hydroxylation sites is 3. The van der Waals surface area contributed by atoms with Crippen LogP contribution in [0, 0.1) is 0 Å². The molecule has 8 rings (SSSR count). The van der Waals surface area contributed by atoms with Crippen molar-refractivity contribution in [1.82, 2.24) is 0 Å². The lowest BCUT2D eigenvalue weighted by Crippen LogP contribution is -2.25. The van der Waals surface area contributed by atoms with Gasteiger partial charge in [0.1, 0.15) is 11.2 Å². The minimum atomic E-state index is -0.0211. The van der Waals surface area contributed by atoms with Gasteiger partial charge in [-0.1, -0.05) is 156 Å². The maximum Gasteiger partial charge on any atom is 0.144 e. The summed E-state index contributed by atoms with van der Waals surface area (Å²) in [5.41, 5.74) is 13.6. The third-order valence-corrected chi connectivity index (χ3v) is 11.3. The number of nitrogens with zero attached hydrogens (tertiary/aromatic N) is 1. The van der Waals surface area contributed by atoms with E-state index in [4.69, 9.17) is 4.42 Å². The van der Waals surface area contributed by atoms with E-state index in [0.29, 0.717) is 0 Å². The number of anilines is 3. The Kier molecular flexibility index (Phi) is 9.50. The fourth-order valence-corrected chi connectivity index (χ4v) is 8.80. The Labute approximate surface area is 303 Å². The quantitative estimate of drug-likeness (QED) is 0.107. The van der Waals surface area contributed by atoms with Crippen LogP contribution in [0.1, 0.15) is 89.2 Å². The van der Waals surface area contributed by atoms with Crippen LogP contribution in [0.25, 0.3) is 44.2 Å². The van der Waals surface area contributed by atoms with Crippen molar-refractivity contribution < 1.29 is 4.42 Å². The highest BCUT2D eigenvalue weighted by Crippen LogP contribution is 2.58. The fraction of sp³-hybridized carbons (Fsp3) is 0.265. The standard InChI is InChI=1S/C49H49NO/c1-3-5-7-19-33-49(34-20-8-6-4-2)43-27-17-15-25-40(43)47-44(49)35-42(46-41-26-16-18-28-45(41)51-48(46)47)36-29-31-39(32-30-36)50(37-21-11-9-12-22-37)38-23-13-10-14-24-38/h9-18,21-32,35H,3-8,19-20,33-34H2,1-2H3. The molecule has 2 nitrogen and oxygen atoms in total. The van der Waals surface area contributed by atoms with Gasteiger partial charge < -0.3 is 9.32 Å². The third-order valence-electron chi connectivity index (χ3n) is 11.3. The molecule has 0 unspecified atom stereocenters. The van der Waals surface area contributed by atoms with Crippen LogP contribution < -0.4 is 4.90 Å². The minimum Gasteiger partial charge on any atom is -0.455 e. The summed E-state index contributed by atoms with van der Waals surface area (Å²) < 4.78 is 6.96. The summed E-state index contributed by atoms with van der Waals surface area (Å²) in [6.07, 6.45) is 12.5. The lowest BCUT2D eigenvalue weighted by atomic mass is 9.70. The van der Waals surface area contributed by atoms with Crippen LogP contribution in [0.4, 0.5) is 17.1 Å². The van der Waals surface area contributed by atoms with E-state index in [2.05, 4.69) is 158 Å². The summed E-state index contributed by atoms with van der Waals surface area (Å²) in [6, 6.07) is 51.0. The van der Waals surface area contributed by atoms with Crippen LogP contribution in [-0.2, 0) is 5.41 Å². The van der Waals surface area contributed by atoms with Gasteiger partial charge in [0, 0.05) is 38.8 Å². The van der Waals surface area contributed by atoms with Crippen LogP contribution >= 0.6 is 0 Å². The molecule has 0 radical (unpaired) electrons. The van der Waals surface area contributed by atoms with Crippen LogP contribution in [-0.4, -0.2) is 0 Å². The molecule has 0 N–H and O–H groups in total. The monoisotopic (exact) mass is 667 g/mol. The van der Waals surface area contributed by atoms with Crippen molar-refractivity contribution >= 4 is 39.0 Å². The van der Waals surface area contributed by atoms with Crippen molar-refractivity contribution in [3.05, 3.63) is 151 Å². The summed E-state index contributed by atoms with van der Waals surface area (Å²) in [4.78, 5) is 2.34. The molecule has 0 amide bonds. The number of benzene rings is 6. The normalized spacial score (nSPS) is 13.1. The van der Waals surface area contributed by atoms with Crippen LogP contribution in [0.5, 0.6) is 0 Å². The molecule has 0 saturated carbocycles. The summed E-state index contributed by atoms with van der Waals surface area (Å²) >= 11 is 0. The number of unbranched alkanes of at least 4 members (excludes halogenated alkanes) is 6. The van der Waals surface area contributed by atoms with Gasteiger partial charge in [0.15, 0.2) is 0 Å². The van der Waals surface area contributed by atoms with E-state index in [1.165, 1.54) is 108 Å². The van der Waals surface area contributed by atoms with E-state index < -0.39 is 0 Å². The van der Waals surface area contributed by atoms with Crippen molar-refractivity contribution in [1.29, 1.82) is 0 Å².